The van der Waals surface area contributed by atoms with Gasteiger partial charge >= 0.3 is 0 Å². The first-order valence-corrected chi connectivity index (χ1v) is 8.31. The fourth-order valence-corrected chi connectivity index (χ4v) is 4.07. The van der Waals surface area contributed by atoms with Crippen LogP contribution in [0.3, 0.4) is 0 Å². The van der Waals surface area contributed by atoms with E-state index in [0.717, 1.165) is 11.0 Å². The highest BCUT2D eigenvalue weighted by molar-refractivity contribution is 7.99. The summed E-state index contributed by atoms with van der Waals surface area (Å²) in [5, 5.41) is 4.59. The third-order valence-electron chi connectivity index (χ3n) is 3.89. The van der Waals surface area contributed by atoms with Gasteiger partial charge in [0.1, 0.15) is 5.75 Å². The van der Waals surface area contributed by atoms with E-state index >= 15 is 0 Å². The Hall–Kier alpha value is -0.670. The average Bonchev–Trinajstić information content (AvgIpc) is 2.86. The zero-order chi connectivity index (χ0) is 13.7. The minimum Gasteiger partial charge on any atom is -0.497 e. The van der Waals surface area contributed by atoms with Gasteiger partial charge in [0.2, 0.25) is 0 Å². The molecule has 1 fully saturated rings. The van der Waals surface area contributed by atoms with Crippen molar-refractivity contribution in [2.75, 3.05) is 12.9 Å². The Morgan fingerprint density at radius 1 is 1.42 bits per heavy atom. The molecule has 1 N–H and O–H groups in total. The Labute approximate surface area is 121 Å². The predicted octanol–water partition coefficient (Wildman–Crippen LogP) is 4.02. The maximum Gasteiger partial charge on any atom is 0.119 e. The highest BCUT2D eigenvalue weighted by atomic mass is 32.2. The number of nitrogens with one attached hydrogen (secondary N) is 1. The number of ether oxygens (including phenoxy) is 1. The van der Waals surface area contributed by atoms with Crippen molar-refractivity contribution < 1.29 is 4.74 Å². The summed E-state index contributed by atoms with van der Waals surface area (Å²) >= 11 is 2.10. The fraction of sp³-hybridized carbons (Fsp3) is 0.625. The summed E-state index contributed by atoms with van der Waals surface area (Å²) in [6.07, 6.45) is 4.03. The minimum absolute atomic E-state index is 0.387. The van der Waals surface area contributed by atoms with Crippen molar-refractivity contribution in [1.82, 2.24) is 5.32 Å². The number of hydrogen-bond acceptors (Lipinski definition) is 3. The van der Waals surface area contributed by atoms with Crippen molar-refractivity contribution >= 4 is 11.8 Å². The minimum atomic E-state index is 0.387. The lowest BCUT2D eigenvalue weighted by Gasteiger charge is -2.25. The van der Waals surface area contributed by atoms with Crippen LogP contribution in [0.15, 0.2) is 24.3 Å². The van der Waals surface area contributed by atoms with Crippen LogP contribution < -0.4 is 10.1 Å². The molecule has 3 atom stereocenters. The second kappa shape index (κ2) is 7.20. The van der Waals surface area contributed by atoms with Crippen LogP contribution in [0.4, 0.5) is 0 Å². The van der Waals surface area contributed by atoms with Crippen molar-refractivity contribution in [3.05, 3.63) is 29.8 Å². The van der Waals surface area contributed by atoms with Crippen molar-refractivity contribution in [3.63, 3.8) is 0 Å². The van der Waals surface area contributed by atoms with Crippen molar-refractivity contribution in [3.8, 4) is 5.75 Å². The van der Waals surface area contributed by atoms with Gasteiger partial charge in [0.15, 0.2) is 0 Å². The molecular weight excluding hydrogens is 254 g/mol. The molecule has 1 aromatic rings. The summed E-state index contributed by atoms with van der Waals surface area (Å²) in [7, 11) is 1.72. The zero-order valence-electron chi connectivity index (χ0n) is 12.2. The molecule has 1 saturated carbocycles. The molecule has 0 saturated heterocycles. The van der Waals surface area contributed by atoms with E-state index in [2.05, 4.69) is 49.1 Å². The first-order chi connectivity index (χ1) is 9.24. The molecule has 0 heterocycles. The molecular formula is C16H25NOS. The van der Waals surface area contributed by atoms with Gasteiger partial charge in [0.05, 0.1) is 7.11 Å². The normalized spacial score (nSPS) is 24.4. The molecule has 0 bridgehead atoms. The molecule has 106 valence electrons. The fourth-order valence-electron chi connectivity index (χ4n) is 2.86. The molecule has 2 nitrogen and oxygen atoms in total. The van der Waals surface area contributed by atoms with Crippen molar-refractivity contribution in [2.24, 2.45) is 0 Å². The highest BCUT2D eigenvalue weighted by Gasteiger charge is 2.28. The average molecular weight is 279 g/mol. The lowest BCUT2D eigenvalue weighted by Crippen LogP contribution is -2.36. The van der Waals surface area contributed by atoms with Gasteiger partial charge in [-0.25, -0.2) is 0 Å². The lowest BCUT2D eigenvalue weighted by molar-refractivity contribution is 0.412. The Bertz CT molecular complexity index is 396. The van der Waals surface area contributed by atoms with Gasteiger partial charge in [-0.15, -0.1) is 0 Å². The molecule has 0 amide bonds. The van der Waals surface area contributed by atoms with Crippen LogP contribution in [-0.4, -0.2) is 24.2 Å². The summed E-state index contributed by atoms with van der Waals surface area (Å²) in [6.45, 7) is 4.51. The maximum atomic E-state index is 5.30. The van der Waals surface area contributed by atoms with E-state index in [1.165, 1.54) is 30.6 Å². The Balaban J connectivity index is 1.97. The highest BCUT2D eigenvalue weighted by Crippen LogP contribution is 2.31. The molecule has 0 radical (unpaired) electrons. The number of rotatable bonds is 6. The van der Waals surface area contributed by atoms with Gasteiger partial charge in [0.25, 0.3) is 0 Å². The second-order valence-corrected chi connectivity index (χ2v) is 6.71. The summed E-state index contributed by atoms with van der Waals surface area (Å²) in [5.74, 6) is 2.16. The van der Waals surface area contributed by atoms with Gasteiger partial charge in [0, 0.05) is 17.3 Å². The molecule has 19 heavy (non-hydrogen) atoms. The molecule has 3 heteroatoms. The molecule has 1 aliphatic rings. The molecule has 1 aromatic carbocycles. The summed E-state index contributed by atoms with van der Waals surface area (Å²) in [4.78, 5) is 0. The molecule has 0 spiro atoms. The van der Waals surface area contributed by atoms with E-state index in [0.29, 0.717) is 12.1 Å². The predicted molar refractivity (Wildman–Crippen MR) is 84.1 cm³/mol. The second-order valence-electron chi connectivity index (χ2n) is 5.20. The third-order valence-corrected chi connectivity index (χ3v) is 5.22. The Kier molecular flexibility index (Phi) is 5.59. The van der Waals surface area contributed by atoms with Crippen LogP contribution in [0.2, 0.25) is 0 Å². The Morgan fingerprint density at radius 2 is 2.26 bits per heavy atom. The van der Waals surface area contributed by atoms with Crippen molar-refractivity contribution in [1.29, 1.82) is 0 Å². The van der Waals surface area contributed by atoms with Crippen LogP contribution in [0.1, 0.15) is 44.7 Å². The zero-order valence-corrected chi connectivity index (χ0v) is 13.0. The Morgan fingerprint density at radius 3 is 3.00 bits per heavy atom. The van der Waals surface area contributed by atoms with E-state index < -0.39 is 0 Å². The summed E-state index contributed by atoms with van der Waals surface area (Å²) in [6, 6.07) is 9.43. The van der Waals surface area contributed by atoms with E-state index in [9.17, 15) is 0 Å². The van der Waals surface area contributed by atoms with Crippen LogP contribution in [0.25, 0.3) is 0 Å². The van der Waals surface area contributed by atoms with Gasteiger partial charge in [-0.3, -0.25) is 0 Å². The number of thioether (sulfide) groups is 1. The van der Waals surface area contributed by atoms with Crippen LogP contribution >= 0.6 is 11.8 Å². The third kappa shape index (κ3) is 3.90. The lowest BCUT2D eigenvalue weighted by atomic mass is 10.1. The van der Waals surface area contributed by atoms with E-state index in [4.69, 9.17) is 4.74 Å². The number of methoxy groups -OCH3 is 1. The topological polar surface area (TPSA) is 21.3 Å². The van der Waals surface area contributed by atoms with Crippen LogP contribution in [-0.2, 0) is 0 Å². The van der Waals surface area contributed by atoms with Gasteiger partial charge in [-0.05, 0) is 43.2 Å². The first kappa shape index (κ1) is 14.7. The van der Waals surface area contributed by atoms with Gasteiger partial charge < -0.3 is 10.1 Å². The monoisotopic (exact) mass is 279 g/mol. The van der Waals surface area contributed by atoms with Crippen LogP contribution in [0, 0.1) is 0 Å². The van der Waals surface area contributed by atoms with Gasteiger partial charge in [-0.2, -0.15) is 11.8 Å². The standard InChI is InChI=1S/C16H25NOS/c1-4-19-16-10-6-9-15(16)17-12(2)13-7-5-8-14(11-13)18-3/h5,7-8,11-12,15-17H,4,6,9-10H2,1-3H3. The molecule has 2 rings (SSSR count). The summed E-state index contributed by atoms with van der Waals surface area (Å²) < 4.78 is 5.30. The van der Waals surface area contributed by atoms with Gasteiger partial charge in [-0.1, -0.05) is 25.5 Å². The quantitative estimate of drug-likeness (QED) is 0.850. The SMILES string of the molecule is CCSC1CCCC1NC(C)c1cccc(OC)c1. The number of benzene rings is 1. The van der Waals surface area contributed by atoms with E-state index in [-0.39, 0.29) is 0 Å². The largest absolute Gasteiger partial charge is 0.497 e. The maximum absolute atomic E-state index is 5.30. The molecule has 0 aromatic heterocycles. The molecule has 3 unspecified atom stereocenters. The molecule has 0 aliphatic heterocycles. The van der Waals surface area contributed by atoms with E-state index in [1.54, 1.807) is 7.11 Å². The van der Waals surface area contributed by atoms with Crippen LogP contribution in [0.5, 0.6) is 5.75 Å². The number of hydrogen-bond donors (Lipinski definition) is 1. The summed E-state index contributed by atoms with van der Waals surface area (Å²) in [5.41, 5.74) is 1.31. The smallest absolute Gasteiger partial charge is 0.119 e. The van der Waals surface area contributed by atoms with Crippen molar-refractivity contribution in [2.45, 2.75) is 50.4 Å². The van der Waals surface area contributed by atoms with E-state index in [1.807, 2.05) is 6.07 Å². The first-order valence-electron chi connectivity index (χ1n) is 7.26. The molecule has 1 aliphatic carbocycles.